The van der Waals surface area contributed by atoms with Gasteiger partial charge in [0.05, 0.1) is 0 Å². The highest BCUT2D eigenvalue weighted by atomic mass is 16.5. The largest absolute Gasteiger partial charge is 0.474 e. The summed E-state index contributed by atoms with van der Waals surface area (Å²) in [7, 11) is 1.99. The van der Waals surface area contributed by atoms with Crippen molar-refractivity contribution in [1.82, 2.24) is 10.2 Å². The van der Waals surface area contributed by atoms with Gasteiger partial charge in [0, 0.05) is 32.3 Å². The molecule has 1 N–H and O–H groups in total. The van der Waals surface area contributed by atoms with Crippen LogP contribution >= 0.6 is 0 Å². The Morgan fingerprint density at radius 1 is 1.50 bits per heavy atom. The lowest BCUT2D eigenvalue weighted by Crippen LogP contribution is -2.34. The Balaban J connectivity index is 2.70. The molecule has 104 valence electrons. The Bertz CT molecular complexity index is 313. The molecule has 0 bridgehead atoms. The van der Waals surface area contributed by atoms with E-state index in [4.69, 9.17) is 4.74 Å². The molecule has 0 fully saturated rings. The zero-order valence-electron chi connectivity index (χ0n) is 12.5. The molecule has 18 heavy (non-hydrogen) atoms. The molecule has 0 atom stereocenters. The number of hydrogen-bond donors (Lipinski definition) is 1. The average Bonchev–Trinajstić information content (AvgIpc) is 2.33. The molecule has 3 nitrogen and oxygen atoms in total. The van der Waals surface area contributed by atoms with E-state index in [9.17, 15) is 0 Å². The van der Waals surface area contributed by atoms with Crippen molar-refractivity contribution >= 4 is 0 Å². The molecular weight excluding hydrogens is 224 g/mol. The van der Waals surface area contributed by atoms with Gasteiger partial charge in [0.2, 0.25) is 0 Å². The second kappa shape index (κ2) is 6.72. The van der Waals surface area contributed by atoms with Gasteiger partial charge in [0.15, 0.2) is 5.88 Å². The second-order valence-corrected chi connectivity index (χ2v) is 5.72. The molecule has 0 saturated heterocycles. The number of hydrogen-bond acceptors (Lipinski definition) is 3. The van der Waals surface area contributed by atoms with E-state index in [-0.39, 0.29) is 5.60 Å². The zero-order valence-corrected chi connectivity index (χ0v) is 12.5. The summed E-state index contributed by atoms with van der Waals surface area (Å²) in [4.78, 5) is 2.32. The number of rotatable bonds is 5. The molecule has 0 aromatic rings. The first-order valence-electron chi connectivity index (χ1n) is 6.97. The Labute approximate surface area is 112 Å². The molecule has 0 aliphatic carbocycles. The van der Waals surface area contributed by atoms with Crippen molar-refractivity contribution in [2.75, 3.05) is 20.1 Å². The summed E-state index contributed by atoms with van der Waals surface area (Å²) in [6.45, 7) is 10.5. The SMILES string of the molecule is CCC/C=C(/OC(C)(C)C)N1CC=C(NC)CC1. The molecule has 0 radical (unpaired) electrons. The van der Waals surface area contributed by atoms with Gasteiger partial charge in [-0.15, -0.1) is 0 Å². The van der Waals surface area contributed by atoms with Crippen LogP contribution < -0.4 is 5.32 Å². The zero-order chi connectivity index (χ0) is 13.6. The lowest BCUT2D eigenvalue weighted by Gasteiger charge is -2.34. The molecule has 0 spiro atoms. The normalized spacial score (nSPS) is 17.5. The monoisotopic (exact) mass is 252 g/mol. The number of nitrogens with zero attached hydrogens (tertiary/aromatic N) is 1. The van der Waals surface area contributed by atoms with Crippen molar-refractivity contribution in [3.05, 3.63) is 23.7 Å². The molecule has 1 aliphatic heterocycles. The van der Waals surface area contributed by atoms with Crippen molar-refractivity contribution in [1.29, 1.82) is 0 Å². The molecule has 0 saturated carbocycles. The van der Waals surface area contributed by atoms with Crippen LogP contribution in [0.5, 0.6) is 0 Å². The molecule has 0 amide bonds. The van der Waals surface area contributed by atoms with Crippen LogP contribution in [0.25, 0.3) is 0 Å². The van der Waals surface area contributed by atoms with E-state index >= 15 is 0 Å². The van der Waals surface area contributed by atoms with Gasteiger partial charge in [0.1, 0.15) is 5.60 Å². The van der Waals surface area contributed by atoms with E-state index in [1.807, 2.05) is 7.05 Å². The molecule has 1 heterocycles. The van der Waals surface area contributed by atoms with E-state index in [1.165, 1.54) is 5.70 Å². The van der Waals surface area contributed by atoms with Crippen molar-refractivity contribution in [2.45, 2.75) is 52.6 Å². The first-order chi connectivity index (χ1) is 8.46. The summed E-state index contributed by atoms with van der Waals surface area (Å²) in [6, 6.07) is 0. The standard InChI is InChI=1S/C15H28N2O/c1-6-7-8-14(18-15(2,3)4)17-11-9-13(16-5)10-12-17/h8-9,16H,6-7,10-12H2,1-5H3/b14-8+. The fraction of sp³-hybridized carbons (Fsp3) is 0.733. The maximum Gasteiger partial charge on any atom is 0.185 e. The lowest BCUT2D eigenvalue weighted by atomic mass is 10.1. The van der Waals surface area contributed by atoms with E-state index in [0.717, 1.165) is 38.2 Å². The molecule has 0 unspecified atom stereocenters. The third-order valence-corrected chi connectivity index (χ3v) is 2.86. The predicted molar refractivity (Wildman–Crippen MR) is 77.2 cm³/mol. The van der Waals surface area contributed by atoms with E-state index in [0.29, 0.717) is 0 Å². The molecule has 0 aromatic heterocycles. The topological polar surface area (TPSA) is 24.5 Å². The number of allylic oxidation sites excluding steroid dienone is 1. The second-order valence-electron chi connectivity index (χ2n) is 5.72. The van der Waals surface area contributed by atoms with Crippen molar-refractivity contribution in [3.63, 3.8) is 0 Å². The summed E-state index contributed by atoms with van der Waals surface area (Å²) >= 11 is 0. The highest BCUT2D eigenvalue weighted by Gasteiger charge is 2.20. The van der Waals surface area contributed by atoms with Crippen LogP contribution in [-0.2, 0) is 4.74 Å². The smallest absolute Gasteiger partial charge is 0.185 e. The Morgan fingerprint density at radius 2 is 2.22 bits per heavy atom. The average molecular weight is 252 g/mol. The van der Waals surface area contributed by atoms with Gasteiger partial charge in [-0.3, -0.25) is 0 Å². The minimum absolute atomic E-state index is 0.132. The van der Waals surface area contributed by atoms with Crippen LogP contribution in [-0.4, -0.2) is 30.6 Å². The Morgan fingerprint density at radius 3 is 2.67 bits per heavy atom. The highest BCUT2D eigenvalue weighted by Crippen LogP contribution is 2.21. The summed E-state index contributed by atoms with van der Waals surface area (Å²) in [5.41, 5.74) is 1.20. The minimum atomic E-state index is -0.132. The predicted octanol–water partition coefficient (Wildman–Crippen LogP) is 3.25. The number of nitrogens with one attached hydrogen (secondary N) is 1. The van der Waals surface area contributed by atoms with Gasteiger partial charge >= 0.3 is 0 Å². The minimum Gasteiger partial charge on any atom is -0.474 e. The van der Waals surface area contributed by atoms with Crippen LogP contribution in [0, 0.1) is 0 Å². The van der Waals surface area contributed by atoms with Crippen molar-refractivity contribution in [2.24, 2.45) is 0 Å². The fourth-order valence-electron chi connectivity index (χ4n) is 1.91. The molecule has 1 aliphatic rings. The van der Waals surface area contributed by atoms with Crippen LogP contribution in [0.1, 0.15) is 47.0 Å². The van der Waals surface area contributed by atoms with Crippen LogP contribution in [0.4, 0.5) is 0 Å². The molecule has 1 rings (SSSR count). The highest BCUT2D eigenvalue weighted by molar-refractivity contribution is 5.09. The number of ether oxygens (including phenoxy) is 1. The third kappa shape index (κ3) is 5.03. The van der Waals surface area contributed by atoms with E-state index in [2.05, 4.69) is 50.1 Å². The Kier molecular flexibility index (Phi) is 5.57. The molecular formula is C15H28N2O. The first kappa shape index (κ1) is 14.9. The lowest BCUT2D eigenvalue weighted by molar-refractivity contribution is 0.00282. The van der Waals surface area contributed by atoms with Gasteiger partial charge in [-0.2, -0.15) is 0 Å². The fourth-order valence-corrected chi connectivity index (χ4v) is 1.91. The van der Waals surface area contributed by atoms with Crippen LogP contribution in [0.15, 0.2) is 23.7 Å². The number of unbranched alkanes of at least 4 members (excludes halogenated alkanes) is 1. The van der Waals surface area contributed by atoms with Gasteiger partial charge in [-0.25, -0.2) is 0 Å². The van der Waals surface area contributed by atoms with E-state index < -0.39 is 0 Å². The summed E-state index contributed by atoms with van der Waals surface area (Å²) in [5, 5.41) is 3.23. The van der Waals surface area contributed by atoms with Crippen molar-refractivity contribution in [3.8, 4) is 0 Å². The maximum absolute atomic E-state index is 6.09. The van der Waals surface area contributed by atoms with Gasteiger partial charge < -0.3 is 15.0 Å². The van der Waals surface area contributed by atoms with E-state index in [1.54, 1.807) is 0 Å². The third-order valence-electron chi connectivity index (χ3n) is 2.86. The van der Waals surface area contributed by atoms with Gasteiger partial charge in [-0.1, -0.05) is 13.3 Å². The maximum atomic E-state index is 6.09. The Hall–Kier alpha value is -1.12. The first-order valence-corrected chi connectivity index (χ1v) is 6.97. The van der Waals surface area contributed by atoms with Crippen LogP contribution in [0.3, 0.4) is 0 Å². The summed E-state index contributed by atoms with van der Waals surface area (Å²) in [6.07, 6.45) is 7.76. The van der Waals surface area contributed by atoms with Crippen molar-refractivity contribution < 1.29 is 4.74 Å². The van der Waals surface area contributed by atoms with Gasteiger partial charge in [-0.05, 0) is 39.3 Å². The van der Waals surface area contributed by atoms with Gasteiger partial charge in [0.25, 0.3) is 0 Å². The molecule has 3 heteroatoms. The summed E-state index contributed by atoms with van der Waals surface area (Å²) < 4.78 is 6.09. The quantitative estimate of drug-likeness (QED) is 0.760. The molecule has 0 aromatic carbocycles. The van der Waals surface area contributed by atoms with Crippen LogP contribution in [0.2, 0.25) is 0 Å². The summed E-state index contributed by atoms with van der Waals surface area (Å²) in [5.74, 6) is 1.04.